The van der Waals surface area contributed by atoms with Crippen molar-refractivity contribution >= 4 is 6.03 Å². The second kappa shape index (κ2) is 5.66. The van der Waals surface area contributed by atoms with Crippen LogP contribution in [0.25, 0.3) is 0 Å². The SMILES string of the molecule is N#Cc1cc2n(n1)CCCN(C(=O)NCc1ncc[nH]1)C2. The van der Waals surface area contributed by atoms with Crippen LogP contribution in [0.15, 0.2) is 18.5 Å². The number of H-pyrrole nitrogens is 1. The molecule has 0 fully saturated rings. The highest BCUT2D eigenvalue weighted by molar-refractivity contribution is 5.74. The molecule has 0 radical (unpaired) electrons. The number of hydrogen-bond donors (Lipinski definition) is 2. The number of amides is 2. The van der Waals surface area contributed by atoms with Crippen LogP contribution >= 0.6 is 0 Å². The monoisotopic (exact) mass is 285 g/mol. The molecular formula is C13H15N7O. The van der Waals surface area contributed by atoms with Gasteiger partial charge in [-0.15, -0.1) is 0 Å². The molecule has 0 spiro atoms. The average molecular weight is 285 g/mol. The van der Waals surface area contributed by atoms with Gasteiger partial charge in [0.05, 0.1) is 18.8 Å². The van der Waals surface area contributed by atoms with E-state index in [-0.39, 0.29) is 6.03 Å². The lowest BCUT2D eigenvalue weighted by Gasteiger charge is -2.20. The Kier molecular flexibility index (Phi) is 3.55. The van der Waals surface area contributed by atoms with Crippen molar-refractivity contribution in [3.8, 4) is 6.07 Å². The molecule has 3 rings (SSSR count). The third-order valence-corrected chi connectivity index (χ3v) is 3.38. The lowest BCUT2D eigenvalue weighted by Crippen LogP contribution is -2.39. The van der Waals surface area contributed by atoms with Crippen LogP contribution in [0.4, 0.5) is 4.79 Å². The second-order valence-corrected chi connectivity index (χ2v) is 4.83. The molecule has 8 heteroatoms. The van der Waals surface area contributed by atoms with Crippen molar-refractivity contribution in [2.45, 2.75) is 26.1 Å². The number of aryl methyl sites for hydroxylation is 1. The van der Waals surface area contributed by atoms with E-state index in [1.807, 2.05) is 6.07 Å². The predicted octanol–water partition coefficient (Wildman–Crippen LogP) is 0.593. The number of carbonyl (C=O) groups excluding carboxylic acids is 1. The lowest BCUT2D eigenvalue weighted by atomic mass is 10.3. The molecule has 2 amide bonds. The molecule has 0 unspecified atom stereocenters. The molecule has 0 saturated heterocycles. The summed E-state index contributed by atoms with van der Waals surface area (Å²) >= 11 is 0. The number of rotatable bonds is 2. The highest BCUT2D eigenvalue weighted by Crippen LogP contribution is 2.13. The summed E-state index contributed by atoms with van der Waals surface area (Å²) in [5.74, 6) is 0.718. The Morgan fingerprint density at radius 1 is 1.52 bits per heavy atom. The number of nitrogens with one attached hydrogen (secondary N) is 2. The van der Waals surface area contributed by atoms with Crippen molar-refractivity contribution in [1.29, 1.82) is 5.26 Å². The fraction of sp³-hybridized carbons (Fsp3) is 0.385. The third-order valence-electron chi connectivity index (χ3n) is 3.38. The van der Waals surface area contributed by atoms with E-state index in [9.17, 15) is 4.79 Å². The summed E-state index contributed by atoms with van der Waals surface area (Å²) in [6.07, 6.45) is 4.18. The average Bonchev–Trinajstić information content (AvgIpc) is 3.10. The van der Waals surface area contributed by atoms with Gasteiger partial charge >= 0.3 is 6.03 Å². The maximum Gasteiger partial charge on any atom is 0.318 e. The standard InChI is InChI=1S/C13H15N7O/c14-7-10-6-11-9-19(4-1-5-20(11)18-10)13(21)17-8-12-15-2-3-16-12/h2-3,6H,1,4-5,8-9H2,(H,15,16)(H,17,21). The van der Waals surface area contributed by atoms with Gasteiger partial charge in [0.1, 0.15) is 11.9 Å². The van der Waals surface area contributed by atoms with Crippen molar-refractivity contribution in [2.75, 3.05) is 6.54 Å². The topological polar surface area (TPSA) is 103 Å². The smallest absolute Gasteiger partial charge is 0.318 e. The van der Waals surface area contributed by atoms with E-state index in [2.05, 4.69) is 20.4 Å². The zero-order valence-corrected chi connectivity index (χ0v) is 11.4. The molecule has 8 nitrogen and oxygen atoms in total. The van der Waals surface area contributed by atoms with Crippen molar-refractivity contribution in [3.63, 3.8) is 0 Å². The summed E-state index contributed by atoms with van der Waals surface area (Å²) in [6.45, 7) is 2.21. The van der Waals surface area contributed by atoms with Crippen LogP contribution in [0.2, 0.25) is 0 Å². The van der Waals surface area contributed by atoms with Crippen LogP contribution in [0.3, 0.4) is 0 Å². The molecule has 21 heavy (non-hydrogen) atoms. The molecule has 0 aromatic carbocycles. The Morgan fingerprint density at radius 3 is 3.19 bits per heavy atom. The minimum absolute atomic E-state index is 0.139. The molecule has 1 aliphatic heterocycles. The van der Waals surface area contributed by atoms with E-state index < -0.39 is 0 Å². The fourth-order valence-corrected chi connectivity index (χ4v) is 2.36. The number of urea groups is 1. The first kappa shape index (κ1) is 13.2. The van der Waals surface area contributed by atoms with Gasteiger partial charge in [-0.3, -0.25) is 4.68 Å². The highest BCUT2D eigenvalue weighted by atomic mass is 16.2. The van der Waals surface area contributed by atoms with Gasteiger partial charge in [-0.05, 0) is 12.5 Å². The van der Waals surface area contributed by atoms with Gasteiger partial charge in [0.2, 0.25) is 0 Å². The van der Waals surface area contributed by atoms with Crippen LogP contribution in [0, 0.1) is 11.3 Å². The van der Waals surface area contributed by atoms with Crippen LogP contribution in [-0.2, 0) is 19.6 Å². The molecule has 0 saturated carbocycles. The summed E-state index contributed by atoms with van der Waals surface area (Å²) in [7, 11) is 0. The van der Waals surface area contributed by atoms with E-state index in [1.54, 1.807) is 28.0 Å². The largest absolute Gasteiger partial charge is 0.347 e. The van der Waals surface area contributed by atoms with E-state index in [1.165, 1.54) is 0 Å². The van der Waals surface area contributed by atoms with E-state index in [4.69, 9.17) is 5.26 Å². The van der Waals surface area contributed by atoms with Gasteiger partial charge in [0.25, 0.3) is 0 Å². The van der Waals surface area contributed by atoms with Crippen molar-refractivity contribution in [1.82, 2.24) is 30.0 Å². The minimum atomic E-state index is -0.139. The summed E-state index contributed by atoms with van der Waals surface area (Å²) in [5.41, 5.74) is 1.28. The van der Waals surface area contributed by atoms with Gasteiger partial charge in [-0.2, -0.15) is 10.4 Å². The Bertz CT molecular complexity index is 667. The molecule has 0 bridgehead atoms. The number of nitrogens with zero attached hydrogens (tertiary/aromatic N) is 5. The first-order valence-electron chi connectivity index (χ1n) is 6.74. The summed E-state index contributed by atoms with van der Waals surface area (Å²) in [6, 6.07) is 3.62. The highest BCUT2D eigenvalue weighted by Gasteiger charge is 2.20. The summed E-state index contributed by atoms with van der Waals surface area (Å²) in [4.78, 5) is 20.9. The number of fused-ring (bicyclic) bond motifs is 1. The second-order valence-electron chi connectivity index (χ2n) is 4.83. The first-order chi connectivity index (χ1) is 10.3. The van der Waals surface area contributed by atoms with Gasteiger partial charge in [-0.25, -0.2) is 9.78 Å². The van der Waals surface area contributed by atoms with Crippen LogP contribution in [-0.4, -0.2) is 37.2 Å². The van der Waals surface area contributed by atoms with E-state index in [0.29, 0.717) is 25.3 Å². The van der Waals surface area contributed by atoms with Gasteiger partial charge < -0.3 is 15.2 Å². The first-order valence-corrected chi connectivity index (χ1v) is 6.74. The van der Waals surface area contributed by atoms with Crippen LogP contribution in [0.5, 0.6) is 0 Å². The van der Waals surface area contributed by atoms with Gasteiger partial charge in [-0.1, -0.05) is 0 Å². The zero-order valence-electron chi connectivity index (χ0n) is 11.4. The van der Waals surface area contributed by atoms with Crippen molar-refractivity contribution in [3.05, 3.63) is 35.7 Å². The Balaban J connectivity index is 1.65. The molecule has 2 aromatic rings. The molecule has 108 valence electrons. The molecule has 0 aliphatic carbocycles. The fourth-order valence-electron chi connectivity index (χ4n) is 2.36. The third kappa shape index (κ3) is 2.86. The number of carbonyl (C=O) groups is 1. The molecule has 2 aromatic heterocycles. The Labute approximate surface area is 121 Å². The quantitative estimate of drug-likeness (QED) is 0.843. The van der Waals surface area contributed by atoms with Gasteiger partial charge in [0.15, 0.2) is 5.69 Å². The maximum absolute atomic E-state index is 12.2. The van der Waals surface area contributed by atoms with Crippen molar-refractivity contribution < 1.29 is 4.79 Å². The number of hydrogen-bond acceptors (Lipinski definition) is 4. The number of aromatic nitrogens is 4. The molecular weight excluding hydrogens is 270 g/mol. The molecule has 0 atom stereocenters. The Morgan fingerprint density at radius 2 is 2.43 bits per heavy atom. The van der Waals surface area contributed by atoms with E-state index >= 15 is 0 Å². The van der Waals surface area contributed by atoms with E-state index in [0.717, 1.165) is 24.5 Å². The summed E-state index contributed by atoms with van der Waals surface area (Å²) < 4.78 is 1.80. The minimum Gasteiger partial charge on any atom is -0.347 e. The van der Waals surface area contributed by atoms with Crippen molar-refractivity contribution in [2.24, 2.45) is 0 Å². The number of aromatic amines is 1. The number of imidazole rings is 1. The maximum atomic E-state index is 12.2. The van der Waals surface area contributed by atoms with Crippen LogP contribution in [0.1, 0.15) is 23.6 Å². The Hall–Kier alpha value is -2.82. The lowest BCUT2D eigenvalue weighted by molar-refractivity contribution is 0.195. The normalized spacial score (nSPS) is 14.1. The molecule has 3 heterocycles. The predicted molar refractivity (Wildman–Crippen MR) is 72.8 cm³/mol. The van der Waals surface area contributed by atoms with Crippen LogP contribution < -0.4 is 5.32 Å². The number of nitriles is 1. The summed E-state index contributed by atoms with van der Waals surface area (Å²) in [5, 5.41) is 15.9. The molecule has 2 N–H and O–H groups in total. The van der Waals surface area contributed by atoms with Gasteiger partial charge in [0, 0.05) is 25.5 Å². The zero-order chi connectivity index (χ0) is 14.7. The molecule has 1 aliphatic rings.